The molecule has 3 N–H and O–H groups in total. The first-order valence-electron chi connectivity index (χ1n) is 4.67. The molecule has 16 heavy (non-hydrogen) atoms. The van der Waals surface area contributed by atoms with Crippen molar-refractivity contribution in [1.29, 1.82) is 0 Å². The van der Waals surface area contributed by atoms with Crippen LogP contribution in [0, 0.1) is 0 Å². The Labute approximate surface area is 92.2 Å². The van der Waals surface area contributed by atoms with Gasteiger partial charge in [-0.25, -0.2) is 10.3 Å². The second-order valence-corrected chi connectivity index (χ2v) is 2.93. The molecule has 0 aliphatic heterocycles. The fourth-order valence-corrected chi connectivity index (χ4v) is 0.986. The molecular formula is C10H12N2O4. The molecule has 1 aromatic rings. The van der Waals surface area contributed by atoms with E-state index in [4.69, 9.17) is 5.21 Å². The summed E-state index contributed by atoms with van der Waals surface area (Å²) in [6, 6.07) is 6.18. The summed E-state index contributed by atoms with van der Waals surface area (Å²) in [5, 5.41) is 10.9. The Hall–Kier alpha value is -2.08. The van der Waals surface area contributed by atoms with E-state index < -0.39 is 6.09 Å². The molecule has 0 aliphatic rings. The van der Waals surface area contributed by atoms with Crippen molar-refractivity contribution in [3.05, 3.63) is 24.3 Å². The van der Waals surface area contributed by atoms with Gasteiger partial charge in [0.2, 0.25) is 5.91 Å². The number of benzene rings is 1. The molecule has 1 aromatic carbocycles. The van der Waals surface area contributed by atoms with Crippen molar-refractivity contribution >= 4 is 17.7 Å². The van der Waals surface area contributed by atoms with Crippen molar-refractivity contribution in [3.8, 4) is 5.75 Å². The van der Waals surface area contributed by atoms with Crippen molar-refractivity contribution < 1.29 is 19.5 Å². The van der Waals surface area contributed by atoms with Gasteiger partial charge in [0.05, 0.1) is 0 Å². The van der Waals surface area contributed by atoms with E-state index in [0.29, 0.717) is 12.1 Å². The van der Waals surface area contributed by atoms with Crippen LogP contribution in [0.5, 0.6) is 5.75 Å². The lowest BCUT2D eigenvalue weighted by Gasteiger charge is -2.05. The van der Waals surface area contributed by atoms with E-state index in [1.807, 2.05) is 0 Å². The molecule has 6 nitrogen and oxygen atoms in total. The molecule has 0 bridgehead atoms. The van der Waals surface area contributed by atoms with E-state index in [2.05, 4.69) is 10.1 Å². The molecule has 0 radical (unpaired) electrons. The van der Waals surface area contributed by atoms with Crippen LogP contribution >= 0.6 is 0 Å². The molecule has 1 rings (SSSR count). The quantitative estimate of drug-likeness (QED) is 0.536. The number of amides is 2. The van der Waals surface area contributed by atoms with Crippen LogP contribution in [0.3, 0.4) is 0 Å². The van der Waals surface area contributed by atoms with E-state index in [0.717, 1.165) is 0 Å². The van der Waals surface area contributed by atoms with Crippen molar-refractivity contribution in [3.63, 3.8) is 0 Å². The first-order valence-corrected chi connectivity index (χ1v) is 4.67. The molecule has 0 aromatic heterocycles. The summed E-state index contributed by atoms with van der Waals surface area (Å²) >= 11 is 0. The minimum absolute atomic E-state index is 0.0956. The van der Waals surface area contributed by atoms with Crippen molar-refractivity contribution in [2.45, 2.75) is 13.3 Å². The maximum absolute atomic E-state index is 11.1. The second-order valence-electron chi connectivity index (χ2n) is 2.93. The highest BCUT2D eigenvalue weighted by Gasteiger charge is 2.03. The molecule has 0 atom stereocenters. The monoisotopic (exact) mass is 224 g/mol. The number of hydrogen-bond donors (Lipinski definition) is 3. The van der Waals surface area contributed by atoms with Crippen LogP contribution in [0.4, 0.5) is 10.5 Å². The smallest absolute Gasteiger partial charge is 0.409 e. The van der Waals surface area contributed by atoms with Crippen LogP contribution < -0.4 is 15.5 Å². The lowest BCUT2D eigenvalue weighted by atomic mass is 10.3. The summed E-state index contributed by atoms with van der Waals surface area (Å²) in [4.78, 5) is 21.7. The van der Waals surface area contributed by atoms with Gasteiger partial charge in [-0.3, -0.25) is 10.0 Å². The zero-order valence-electron chi connectivity index (χ0n) is 8.69. The third-order valence-electron chi connectivity index (χ3n) is 1.76. The molecule has 0 spiro atoms. The lowest BCUT2D eigenvalue weighted by molar-refractivity contribution is -0.115. The molecule has 2 amide bonds. The summed E-state index contributed by atoms with van der Waals surface area (Å²) in [6.45, 7) is 1.75. The summed E-state index contributed by atoms with van der Waals surface area (Å²) in [7, 11) is 0. The average Bonchev–Trinajstić information content (AvgIpc) is 2.31. The van der Waals surface area contributed by atoms with Gasteiger partial charge in [0.25, 0.3) is 0 Å². The Morgan fingerprint density at radius 3 is 2.44 bits per heavy atom. The van der Waals surface area contributed by atoms with Crippen molar-refractivity contribution in [1.82, 2.24) is 5.48 Å². The number of nitrogens with one attached hydrogen (secondary N) is 2. The van der Waals surface area contributed by atoms with Gasteiger partial charge in [-0.1, -0.05) is 6.92 Å². The van der Waals surface area contributed by atoms with Crippen LogP contribution in [-0.4, -0.2) is 17.2 Å². The normalized spacial score (nSPS) is 9.38. The number of rotatable bonds is 3. The summed E-state index contributed by atoms with van der Waals surface area (Å²) in [5.41, 5.74) is 1.95. The Balaban J connectivity index is 2.60. The third-order valence-corrected chi connectivity index (χ3v) is 1.76. The number of hydrogen-bond acceptors (Lipinski definition) is 4. The molecule has 0 aliphatic carbocycles. The van der Waals surface area contributed by atoms with Gasteiger partial charge in [0.1, 0.15) is 5.75 Å². The SMILES string of the molecule is CCC(=O)Nc1ccc(OC(=O)NO)cc1. The average molecular weight is 224 g/mol. The molecule has 0 heterocycles. The predicted molar refractivity (Wildman–Crippen MR) is 56.3 cm³/mol. The van der Waals surface area contributed by atoms with Crippen LogP contribution in [-0.2, 0) is 4.79 Å². The fourth-order valence-electron chi connectivity index (χ4n) is 0.986. The highest BCUT2D eigenvalue weighted by Crippen LogP contribution is 2.15. The van der Waals surface area contributed by atoms with Crippen LogP contribution in [0.1, 0.15) is 13.3 Å². The molecule has 0 saturated heterocycles. The molecule has 0 fully saturated rings. The molecule has 6 heteroatoms. The standard InChI is InChI=1S/C10H12N2O4/c1-2-9(13)11-7-3-5-8(6-4-7)16-10(14)12-15/h3-6,15H,2H2,1H3,(H,11,13)(H,12,14). The van der Waals surface area contributed by atoms with E-state index >= 15 is 0 Å². The maximum atomic E-state index is 11.1. The Morgan fingerprint density at radius 1 is 1.31 bits per heavy atom. The highest BCUT2D eigenvalue weighted by atomic mass is 16.6. The van der Waals surface area contributed by atoms with Gasteiger partial charge in [0.15, 0.2) is 0 Å². The van der Waals surface area contributed by atoms with Crippen LogP contribution in [0.15, 0.2) is 24.3 Å². The van der Waals surface area contributed by atoms with E-state index in [9.17, 15) is 9.59 Å². The van der Waals surface area contributed by atoms with Crippen LogP contribution in [0.25, 0.3) is 0 Å². The molecular weight excluding hydrogens is 212 g/mol. The van der Waals surface area contributed by atoms with Gasteiger partial charge < -0.3 is 10.1 Å². The highest BCUT2D eigenvalue weighted by molar-refractivity contribution is 5.90. The third kappa shape index (κ3) is 3.58. The molecule has 0 saturated carbocycles. The Morgan fingerprint density at radius 2 is 1.94 bits per heavy atom. The zero-order chi connectivity index (χ0) is 12.0. The van der Waals surface area contributed by atoms with Crippen molar-refractivity contribution in [2.75, 3.05) is 5.32 Å². The fraction of sp³-hybridized carbons (Fsp3) is 0.200. The summed E-state index contributed by atoms with van der Waals surface area (Å²) in [6.07, 6.45) is -0.573. The van der Waals surface area contributed by atoms with Gasteiger partial charge in [-0.05, 0) is 24.3 Å². The minimum atomic E-state index is -0.967. The first kappa shape index (κ1) is 12.0. The maximum Gasteiger partial charge on any atom is 0.436 e. The second kappa shape index (κ2) is 5.72. The van der Waals surface area contributed by atoms with Gasteiger partial charge in [-0.2, -0.15) is 0 Å². The van der Waals surface area contributed by atoms with Gasteiger partial charge >= 0.3 is 6.09 Å². The summed E-state index contributed by atoms with van der Waals surface area (Å²) in [5.74, 6) is 0.169. The van der Waals surface area contributed by atoms with Gasteiger partial charge in [0, 0.05) is 12.1 Å². The van der Waals surface area contributed by atoms with E-state index in [1.165, 1.54) is 17.6 Å². The van der Waals surface area contributed by atoms with Crippen LogP contribution in [0.2, 0.25) is 0 Å². The van der Waals surface area contributed by atoms with E-state index in [-0.39, 0.29) is 11.7 Å². The Kier molecular flexibility index (Phi) is 4.28. The van der Waals surface area contributed by atoms with Gasteiger partial charge in [-0.15, -0.1) is 0 Å². The molecule has 0 unspecified atom stereocenters. The number of hydroxylamine groups is 1. The zero-order valence-corrected chi connectivity index (χ0v) is 8.69. The predicted octanol–water partition coefficient (Wildman–Crippen LogP) is 1.51. The first-order chi connectivity index (χ1) is 7.65. The summed E-state index contributed by atoms with van der Waals surface area (Å²) < 4.78 is 4.64. The van der Waals surface area contributed by atoms with Crippen molar-refractivity contribution in [2.24, 2.45) is 0 Å². The lowest BCUT2D eigenvalue weighted by Crippen LogP contribution is -2.22. The largest absolute Gasteiger partial charge is 0.436 e. The minimum Gasteiger partial charge on any atom is -0.409 e. The number of ether oxygens (including phenoxy) is 1. The van der Waals surface area contributed by atoms with E-state index in [1.54, 1.807) is 19.1 Å². The number of carbonyl (C=O) groups excluding carboxylic acids is 2. The number of anilines is 1. The topological polar surface area (TPSA) is 87.7 Å². The molecule has 86 valence electrons. The number of carbonyl (C=O) groups is 2. The Bertz CT molecular complexity index is 338.